The fourth-order valence-corrected chi connectivity index (χ4v) is 3.13. The molecule has 0 unspecified atom stereocenters. The summed E-state index contributed by atoms with van der Waals surface area (Å²) in [7, 11) is 3.33. The lowest BCUT2D eigenvalue weighted by Gasteiger charge is -2.23. The summed E-state index contributed by atoms with van der Waals surface area (Å²) in [5.41, 5.74) is 3.83. The van der Waals surface area contributed by atoms with Crippen molar-refractivity contribution in [1.29, 1.82) is 0 Å². The number of ether oxygens (including phenoxy) is 2. The third kappa shape index (κ3) is 5.56. The van der Waals surface area contributed by atoms with Crippen LogP contribution in [0.4, 0.5) is 0 Å². The summed E-state index contributed by atoms with van der Waals surface area (Å²) < 4.78 is 10.8. The Labute approximate surface area is 161 Å². The maximum absolute atomic E-state index is 5.43. The quantitative estimate of drug-likeness (QED) is 0.567. The Balaban J connectivity index is 1.70. The first kappa shape index (κ1) is 18.9. The Hall–Kier alpha value is -2.85. The van der Waals surface area contributed by atoms with E-state index >= 15 is 0 Å². The summed E-state index contributed by atoms with van der Waals surface area (Å²) in [6.07, 6.45) is 4.65. The minimum absolute atomic E-state index is 0.763. The summed E-state index contributed by atoms with van der Waals surface area (Å²) in [5.74, 6) is 1.54. The van der Waals surface area contributed by atoms with Crippen molar-refractivity contribution in [3.05, 3.63) is 89.7 Å². The topological polar surface area (TPSA) is 34.6 Å². The van der Waals surface area contributed by atoms with E-state index in [0.717, 1.165) is 37.6 Å². The second-order valence-electron chi connectivity index (χ2n) is 6.49. The van der Waals surface area contributed by atoms with Crippen molar-refractivity contribution < 1.29 is 9.47 Å². The molecule has 0 bridgehead atoms. The molecule has 0 aliphatic rings. The van der Waals surface area contributed by atoms with E-state index in [2.05, 4.69) is 64.5 Å². The van der Waals surface area contributed by atoms with Gasteiger partial charge in [-0.3, -0.25) is 9.88 Å². The van der Waals surface area contributed by atoms with E-state index in [-0.39, 0.29) is 0 Å². The van der Waals surface area contributed by atoms with E-state index in [1.54, 1.807) is 14.2 Å². The highest BCUT2D eigenvalue weighted by Crippen LogP contribution is 2.27. The van der Waals surface area contributed by atoms with E-state index in [1.807, 2.05) is 18.5 Å². The van der Waals surface area contributed by atoms with Gasteiger partial charge in [-0.25, -0.2) is 0 Å². The van der Waals surface area contributed by atoms with E-state index in [4.69, 9.17) is 9.47 Å². The van der Waals surface area contributed by atoms with Crippen LogP contribution >= 0.6 is 0 Å². The van der Waals surface area contributed by atoms with Gasteiger partial charge in [-0.1, -0.05) is 36.4 Å². The molecule has 3 aromatic rings. The summed E-state index contributed by atoms with van der Waals surface area (Å²) in [6.45, 7) is 2.76. The molecule has 0 amide bonds. The largest absolute Gasteiger partial charge is 0.493 e. The van der Waals surface area contributed by atoms with Gasteiger partial charge in [0.05, 0.1) is 14.2 Å². The lowest BCUT2D eigenvalue weighted by Crippen LogP contribution is -2.25. The van der Waals surface area contributed by atoms with Crippen molar-refractivity contribution in [3.63, 3.8) is 0 Å². The minimum Gasteiger partial charge on any atom is -0.493 e. The molecule has 27 heavy (non-hydrogen) atoms. The van der Waals surface area contributed by atoms with Crippen LogP contribution in [0, 0.1) is 0 Å². The lowest BCUT2D eigenvalue weighted by atomic mass is 10.1. The molecule has 3 rings (SSSR count). The molecule has 2 aromatic carbocycles. The molecule has 0 aliphatic heterocycles. The summed E-state index contributed by atoms with van der Waals surface area (Å²) in [4.78, 5) is 6.58. The maximum atomic E-state index is 5.43. The van der Waals surface area contributed by atoms with Crippen LogP contribution in [0.1, 0.15) is 16.7 Å². The number of pyridine rings is 1. The van der Waals surface area contributed by atoms with E-state index < -0.39 is 0 Å². The first-order chi connectivity index (χ1) is 13.3. The van der Waals surface area contributed by atoms with E-state index in [0.29, 0.717) is 0 Å². The van der Waals surface area contributed by atoms with Crippen LogP contribution in [0.25, 0.3) is 0 Å². The number of hydrogen-bond donors (Lipinski definition) is 0. The number of nitrogens with zero attached hydrogens (tertiary/aromatic N) is 2. The molecule has 1 aromatic heterocycles. The molecule has 4 nitrogen and oxygen atoms in total. The summed E-state index contributed by atoms with van der Waals surface area (Å²) in [6, 6.07) is 20.9. The van der Waals surface area contributed by atoms with Crippen molar-refractivity contribution in [3.8, 4) is 11.5 Å². The molecule has 0 saturated heterocycles. The zero-order valence-corrected chi connectivity index (χ0v) is 16.0. The fraction of sp³-hybridized carbons (Fsp3) is 0.261. The molecule has 1 heterocycles. The molecule has 0 saturated carbocycles. The van der Waals surface area contributed by atoms with Crippen molar-refractivity contribution in [1.82, 2.24) is 9.88 Å². The van der Waals surface area contributed by atoms with Gasteiger partial charge in [0.25, 0.3) is 0 Å². The monoisotopic (exact) mass is 362 g/mol. The van der Waals surface area contributed by atoms with Gasteiger partial charge in [-0.05, 0) is 47.4 Å². The van der Waals surface area contributed by atoms with Crippen LogP contribution in [-0.4, -0.2) is 30.6 Å². The second-order valence-corrected chi connectivity index (χ2v) is 6.49. The second kappa shape index (κ2) is 9.74. The molecule has 140 valence electrons. The Kier molecular flexibility index (Phi) is 6.83. The number of benzene rings is 2. The van der Waals surface area contributed by atoms with Crippen LogP contribution in [0.2, 0.25) is 0 Å². The van der Waals surface area contributed by atoms with Crippen LogP contribution in [0.3, 0.4) is 0 Å². The normalized spacial score (nSPS) is 10.8. The van der Waals surface area contributed by atoms with Crippen molar-refractivity contribution in [2.75, 3.05) is 20.8 Å². The van der Waals surface area contributed by atoms with Gasteiger partial charge >= 0.3 is 0 Å². The molecule has 0 N–H and O–H groups in total. The predicted octanol–water partition coefficient (Wildman–Crippen LogP) is 4.34. The highest BCUT2D eigenvalue weighted by molar-refractivity contribution is 5.43. The third-order valence-corrected chi connectivity index (χ3v) is 4.57. The number of methoxy groups -OCH3 is 2. The first-order valence-corrected chi connectivity index (χ1v) is 9.14. The average molecular weight is 362 g/mol. The van der Waals surface area contributed by atoms with Crippen molar-refractivity contribution in [2.45, 2.75) is 19.5 Å². The number of aromatic nitrogens is 1. The van der Waals surface area contributed by atoms with Gasteiger partial charge in [0.15, 0.2) is 11.5 Å². The van der Waals surface area contributed by atoms with Gasteiger partial charge in [0.2, 0.25) is 0 Å². The van der Waals surface area contributed by atoms with E-state index in [9.17, 15) is 0 Å². The summed E-state index contributed by atoms with van der Waals surface area (Å²) >= 11 is 0. The number of rotatable bonds is 9. The highest BCUT2D eigenvalue weighted by atomic mass is 16.5. The Morgan fingerprint density at radius 1 is 0.741 bits per heavy atom. The summed E-state index contributed by atoms with van der Waals surface area (Å²) in [5, 5.41) is 0. The molecule has 4 heteroatoms. The molecule has 0 fully saturated rings. The minimum atomic E-state index is 0.763. The molecular formula is C23H26N2O2. The Morgan fingerprint density at radius 3 is 2.07 bits per heavy atom. The smallest absolute Gasteiger partial charge is 0.160 e. The zero-order valence-electron chi connectivity index (χ0n) is 16.0. The van der Waals surface area contributed by atoms with Crippen LogP contribution < -0.4 is 9.47 Å². The molecule has 0 radical (unpaired) electrons. The van der Waals surface area contributed by atoms with Gasteiger partial charge < -0.3 is 9.47 Å². The van der Waals surface area contributed by atoms with Gasteiger partial charge in [-0.15, -0.1) is 0 Å². The molecule has 0 spiro atoms. The number of hydrogen-bond acceptors (Lipinski definition) is 4. The van der Waals surface area contributed by atoms with Gasteiger partial charge in [0, 0.05) is 32.0 Å². The molecule has 0 aliphatic carbocycles. The Bertz CT molecular complexity index is 781. The fourth-order valence-electron chi connectivity index (χ4n) is 3.13. The van der Waals surface area contributed by atoms with Gasteiger partial charge in [-0.2, -0.15) is 0 Å². The SMILES string of the molecule is COc1ccc(CCN(Cc2ccccc2)Cc2ccncc2)cc1OC. The lowest BCUT2D eigenvalue weighted by molar-refractivity contribution is 0.260. The predicted molar refractivity (Wildman–Crippen MR) is 108 cm³/mol. The van der Waals surface area contributed by atoms with Crippen LogP contribution in [0.5, 0.6) is 11.5 Å². The van der Waals surface area contributed by atoms with Crippen molar-refractivity contribution in [2.24, 2.45) is 0 Å². The van der Waals surface area contributed by atoms with Crippen molar-refractivity contribution >= 4 is 0 Å². The molecule has 0 atom stereocenters. The maximum Gasteiger partial charge on any atom is 0.160 e. The average Bonchev–Trinajstić information content (AvgIpc) is 2.73. The molecular weight excluding hydrogens is 336 g/mol. The van der Waals surface area contributed by atoms with E-state index in [1.165, 1.54) is 16.7 Å². The third-order valence-electron chi connectivity index (χ3n) is 4.57. The van der Waals surface area contributed by atoms with Gasteiger partial charge in [0.1, 0.15) is 0 Å². The Morgan fingerprint density at radius 2 is 1.41 bits per heavy atom. The van der Waals surface area contributed by atoms with Crippen LogP contribution in [-0.2, 0) is 19.5 Å². The van der Waals surface area contributed by atoms with Crippen LogP contribution in [0.15, 0.2) is 73.1 Å². The zero-order chi connectivity index (χ0) is 18.9. The standard InChI is InChI=1S/C23H26N2O2/c1-26-22-9-8-19(16-23(22)27-2)12-15-25(17-20-6-4-3-5-7-20)18-21-10-13-24-14-11-21/h3-11,13-14,16H,12,15,17-18H2,1-2H3. The first-order valence-electron chi connectivity index (χ1n) is 9.14. The highest BCUT2D eigenvalue weighted by Gasteiger charge is 2.10.